The maximum absolute atomic E-state index is 9.06. The van der Waals surface area contributed by atoms with Gasteiger partial charge in [-0.1, -0.05) is 18.2 Å². The van der Waals surface area contributed by atoms with E-state index in [0.717, 1.165) is 17.9 Å². The van der Waals surface area contributed by atoms with Crippen molar-refractivity contribution in [3.05, 3.63) is 52.1 Å². The van der Waals surface area contributed by atoms with Crippen LogP contribution in [0.15, 0.2) is 18.2 Å². The summed E-state index contributed by atoms with van der Waals surface area (Å²) in [5.74, 6) is 0.959. The molecular weight excluding hydrogens is 236 g/mol. The van der Waals surface area contributed by atoms with Crippen molar-refractivity contribution < 1.29 is 5.11 Å². The molecule has 1 aromatic carbocycles. The lowest BCUT2D eigenvalue weighted by molar-refractivity contribution is 0.295. The monoisotopic (exact) mass is 258 g/mol. The van der Waals surface area contributed by atoms with Crippen molar-refractivity contribution in [2.75, 3.05) is 6.61 Å². The van der Waals surface area contributed by atoms with E-state index in [1.165, 1.54) is 22.4 Å². The normalized spacial score (nSPS) is 11.0. The van der Waals surface area contributed by atoms with Crippen molar-refractivity contribution in [1.82, 2.24) is 9.55 Å². The van der Waals surface area contributed by atoms with Crippen LogP contribution in [0.4, 0.5) is 0 Å². The molecule has 102 valence electrons. The first-order valence-electron chi connectivity index (χ1n) is 6.71. The van der Waals surface area contributed by atoms with E-state index in [1.807, 2.05) is 7.05 Å². The fourth-order valence-electron chi connectivity index (χ4n) is 2.37. The molecule has 0 saturated carbocycles. The quantitative estimate of drug-likeness (QED) is 0.915. The zero-order valence-electron chi connectivity index (χ0n) is 12.2. The van der Waals surface area contributed by atoms with Crippen LogP contribution in [0, 0.1) is 20.8 Å². The Bertz CT molecular complexity index is 585. The molecule has 3 heteroatoms. The van der Waals surface area contributed by atoms with Crippen LogP contribution >= 0.6 is 0 Å². The number of benzene rings is 1. The lowest BCUT2D eigenvalue weighted by Crippen LogP contribution is -2.01. The van der Waals surface area contributed by atoms with Crippen molar-refractivity contribution in [1.29, 1.82) is 0 Å². The van der Waals surface area contributed by atoms with Crippen LogP contribution in [0.5, 0.6) is 0 Å². The molecule has 2 rings (SSSR count). The van der Waals surface area contributed by atoms with E-state index in [0.29, 0.717) is 6.42 Å². The molecule has 0 bridgehead atoms. The highest BCUT2D eigenvalue weighted by molar-refractivity contribution is 5.36. The van der Waals surface area contributed by atoms with Crippen LogP contribution in [0.25, 0.3) is 0 Å². The van der Waals surface area contributed by atoms with Crippen molar-refractivity contribution in [3.8, 4) is 0 Å². The van der Waals surface area contributed by atoms with Crippen LogP contribution in [-0.4, -0.2) is 21.3 Å². The summed E-state index contributed by atoms with van der Waals surface area (Å²) in [5.41, 5.74) is 6.29. The minimum Gasteiger partial charge on any atom is -0.396 e. The van der Waals surface area contributed by atoms with Gasteiger partial charge < -0.3 is 9.67 Å². The fraction of sp³-hybridized carbons (Fsp3) is 0.438. The molecule has 19 heavy (non-hydrogen) atoms. The number of imidazole rings is 1. The van der Waals surface area contributed by atoms with Gasteiger partial charge in [0.05, 0.1) is 12.3 Å². The van der Waals surface area contributed by atoms with Gasteiger partial charge in [-0.15, -0.1) is 0 Å². The second-order valence-electron chi connectivity index (χ2n) is 5.13. The summed E-state index contributed by atoms with van der Waals surface area (Å²) in [4.78, 5) is 4.67. The molecule has 0 aliphatic carbocycles. The summed E-state index contributed by atoms with van der Waals surface area (Å²) in [7, 11) is 2.01. The van der Waals surface area contributed by atoms with Crippen molar-refractivity contribution >= 4 is 0 Å². The van der Waals surface area contributed by atoms with E-state index in [-0.39, 0.29) is 6.61 Å². The van der Waals surface area contributed by atoms with Gasteiger partial charge in [0.2, 0.25) is 0 Å². The summed E-state index contributed by atoms with van der Waals surface area (Å²) in [6.07, 6.45) is 1.47. The average molecular weight is 258 g/mol. The molecule has 1 N–H and O–H groups in total. The van der Waals surface area contributed by atoms with Crippen molar-refractivity contribution in [3.63, 3.8) is 0 Å². The summed E-state index contributed by atoms with van der Waals surface area (Å²) < 4.78 is 2.08. The topological polar surface area (TPSA) is 38.1 Å². The fourth-order valence-corrected chi connectivity index (χ4v) is 2.37. The molecule has 0 aliphatic heterocycles. The Balaban J connectivity index is 2.33. The van der Waals surface area contributed by atoms with Gasteiger partial charge in [-0.3, -0.25) is 0 Å². The predicted molar refractivity (Wildman–Crippen MR) is 77.5 cm³/mol. The number of rotatable bonds is 4. The highest BCUT2D eigenvalue weighted by Crippen LogP contribution is 2.19. The Hall–Kier alpha value is -1.61. The number of aliphatic hydroxyl groups is 1. The number of hydrogen-bond donors (Lipinski definition) is 1. The lowest BCUT2D eigenvalue weighted by Gasteiger charge is -2.07. The molecule has 0 aliphatic rings. The number of aliphatic hydroxyl groups excluding tert-OH is 1. The second-order valence-corrected chi connectivity index (χ2v) is 5.13. The molecule has 0 atom stereocenters. The lowest BCUT2D eigenvalue weighted by atomic mass is 9.99. The minimum absolute atomic E-state index is 0.146. The molecule has 0 unspecified atom stereocenters. The van der Waals surface area contributed by atoms with Gasteiger partial charge in [-0.25, -0.2) is 4.98 Å². The summed E-state index contributed by atoms with van der Waals surface area (Å²) in [5, 5.41) is 9.06. The van der Waals surface area contributed by atoms with E-state index < -0.39 is 0 Å². The Morgan fingerprint density at radius 1 is 1.21 bits per heavy atom. The third-order valence-electron chi connectivity index (χ3n) is 3.98. The summed E-state index contributed by atoms with van der Waals surface area (Å²) in [6, 6.07) is 6.41. The van der Waals surface area contributed by atoms with E-state index >= 15 is 0 Å². The van der Waals surface area contributed by atoms with Crippen molar-refractivity contribution in [2.24, 2.45) is 7.05 Å². The predicted octanol–water partition coefficient (Wildman–Crippen LogP) is 2.47. The van der Waals surface area contributed by atoms with Gasteiger partial charge >= 0.3 is 0 Å². The summed E-state index contributed by atoms with van der Waals surface area (Å²) >= 11 is 0. The van der Waals surface area contributed by atoms with Gasteiger partial charge in [0, 0.05) is 25.6 Å². The number of aromatic nitrogens is 2. The SMILES string of the molecule is Cc1cccc(Cc2nc(CCO)n(C)c2C)c1C. The van der Waals surface area contributed by atoms with Gasteiger partial charge in [0.15, 0.2) is 0 Å². The molecule has 0 saturated heterocycles. The Morgan fingerprint density at radius 2 is 1.95 bits per heavy atom. The van der Waals surface area contributed by atoms with Gasteiger partial charge in [0.25, 0.3) is 0 Å². The molecular formula is C16H22N2O. The maximum atomic E-state index is 9.06. The molecule has 0 fully saturated rings. The zero-order valence-corrected chi connectivity index (χ0v) is 12.2. The van der Waals surface area contributed by atoms with E-state index in [9.17, 15) is 0 Å². The maximum Gasteiger partial charge on any atom is 0.111 e. The Kier molecular flexibility index (Phi) is 4.05. The smallest absolute Gasteiger partial charge is 0.111 e. The van der Waals surface area contributed by atoms with Gasteiger partial charge in [-0.05, 0) is 37.5 Å². The summed E-state index contributed by atoms with van der Waals surface area (Å²) in [6.45, 7) is 6.54. The van der Waals surface area contributed by atoms with Crippen LogP contribution in [0.1, 0.15) is 33.9 Å². The first-order chi connectivity index (χ1) is 9.04. The molecule has 2 aromatic rings. The zero-order chi connectivity index (χ0) is 14.0. The number of aryl methyl sites for hydroxylation is 1. The van der Waals surface area contributed by atoms with Gasteiger partial charge in [-0.2, -0.15) is 0 Å². The highest BCUT2D eigenvalue weighted by atomic mass is 16.3. The Labute approximate surface area is 114 Å². The van der Waals surface area contributed by atoms with Crippen LogP contribution in [0.2, 0.25) is 0 Å². The first kappa shape index (κ1) is 13.8. The standard InChI is InChI=1S/C16H22N2O/c1-11-6-5-7-14(12(11)2)10-15-13(3)18(4)16(17-15)8-9-19/h5-7,19H,8-10H2,1-4H3. The highest BCUT2D eigenvalue weighted by Gasteiger charge is 2.12. The molecule has 1 aromatic heterocycles. The van der Waals surface area contributed by atoms with E-state index in [1.54, 1.807) is 0 Å². The van der Waals surface area contributed by atoms with Gasteiger partial charge in [0.1, 0.15) is 5.82 Å². The second kappa shape index (κ2) is 5.57. The molecule has 3 nitrogen and oxygen atoms in total. The first-order valence-corrected chi connectivity index (χ1v) is 6.71. The van der Waals surface area contributed by atoms with Crippen molar-refractivity contribution in [2.45, 2.75) is 33.6 Å². The third kappa shape index (κ3) is 2.71. The number of hydrogen-bond acceptors (Lipinski definition) is 2. The molecule has 0 amide bonds. The van der Waals surface area contributed by atoms with Crippen LogP contribution < -0.4 is 0 Å². The molecule has 0 spiro atoms. The average Bonchev–Trinajstić information content (AvgIpc) is 2.64. The van der Waals surface area contributed by atoms with Crippen LogP contribution in [-0.2, 0) is 19.9 Å². The molecule has 1 heterocycles. The Morgan fingerprint density at radius 3 is 2.63 bits per heavy atom. The minimum atomic E-state index is 0.146. The molecule has 0 radical (unpaired) electrons. The third-order valence-corrected chi connectivity index (χ3v) is 3.98. The largest absolute Gasteiger partial charge is 0.396 e. The number of nitrogens with zero attached hydrogens (tertiary/aromatic N) is 2. The van der Waals surface area contributed by atoms with Crippen LogP contribution in [0.3, 0.4) is 0 Å². The van der Waals surface area contributed by atoms with E-state index in [2.05, 4.69) is 48.5 Å². The van der Waals surface area contributed by atoms with E-state index in [4.69, 9.17) is 5.11 Å².